The summed E-state index contributed by atoms with van der Waals surface area (Å²) in [6.45, 7) is 0. The Morgan fingerprint density at radius 1 is 1.08 bits per heavy atom. The van der Waals surface area contributed by atoms with Crippen LogP contribution >= 0.6 is 0 Å². The maximum atomic E-state index is 11.4. The van der Waals surface area contributed by atoms with Crippen molar-refractivity contribution < 1.29 is 38.4 Å². The van der Waals surface area contributed by atoms with Gasteiger partial charge in [0.1, 0.15) is 0 Å². The summed E-state index contributed by atoms with van der Waals surface area (Å²) in [5.41, 5.74) is -6.95. The van der Waals surface area contributed by atoms with Gasteiger partial charge in [0.05, 0.1) is 0 Å². The van der Waals surface area contributed by atoms with Crippen LogP contribution in [0.1, 0.15) is 0 Å². The van der Waals surface area contributed by atoms with Crippen molar-refractivity contribution in [3.8, 4) is 0 Å². The second-order valence-corrected chi connectivity index (χ2v) is 4.65. The van der Waals surface area contributed by atoms with Crippen molar-refractivity contribution in [3.63, 3.8) is 0 Å². The van der Waals surface area contributed by atoms with E-state index < -0.39 is 31.4 Å². The third-order valence-corrected chi connectivity index (χ3v) is 2.86. The molecule has 0 aliphatic heterocycles. The summed E-state index contributed by atoms with van der Waals surface area (Å²) in [6.07, 6.45) is 0. The first kappa shape index (κ1) is 12.3. The molecule has 0 aromatic rings. The highest BCUT2D eigenvalue weighted by Crippen LogP contribution is 2.25. The summed E-state index contributed by atoms with van der Waals surface area (Å²) < 4.78 is 76.7. The van der Waals surface area contributed by atoms with Gasteiger partial charge < -0.3 is 0 Å². The highest BCUT2D eigenvalue weighted by Gasteiger charge is 2.50. The molecular formula is C2HF3O6S2. The average molecular weight is 242 g/mol. The van der Waals surface area contributed by atoms with Crippen LogP contribution < -0.4 is 0 Å². The standard InChI is InChI=1S/C2HF3O6S2/c3-2(4,5)13(9,10)11-12(7,8)1-6/h1H. The van der Waals surface area contributed by atoms with E-state index in [4.69, 9.17) is 0 Å². The Morgan fingerprint density at radius 3 is 1.69 bits per heavy atom. The predicted molar refractivity (Wildman–Crippen MR) is 31.7 cm³/mol. The quantitative estimate of drug-likeness (QED) is 0.483. The molecule has 0 bridgehead atoms. The number of halogens is 3. The zero-order chi connectivity index (χ0) is 10.9. The molecule has 0 saturated carbocycles. The van der Waals surface area contributed by atoms with Crippen molar-refractivity contribution in [2.75, 3.05) is 0 Å². The van der Waals surface area contributed by atoms with Crippen molar-refractivity contribution in [1.29, 1.82) is 0 Å². The number of alkyl halides is 3. The maximum Gasteiger partial charge on any atom is 0.524 e. The van der Waals surface area contributed by atoms with Gasteiger partial charge in [0.2, 0.25) is 0 Å². The Morgan fingerprint density at radius 2 is 1.46 bits per heavy atom. The van der Waals surface area contributed by atoms with Crippen LogP contribution in [0.5, 0.6) is 0 Å². The van der Waals surface area contributed by atoms with Crippen molar-refractivity contribution in [2.24, 2.45) is 0 Å². The largest absolute Gasteiger partial charge is 0.524 e. The molecule has 13 heavy (non-hydrogen) atoms. The topological polar surface area (TPSA) is 94.6 Å². The van der Waals surface area contributed by atoms with Gasteiger partial charge in [-0.05, 0) is 0 Å². The van der Waals surface area contributed by atoms with E-state index >= 15 is 0 Å². The van der Waals surface area contributed by atoms with Crippen molar-refractivity contribution in [3.05, 3.63) is 0 Å². The molecule has 0 spiro atoms. The lowest BCUT2D eigenvalue weighted by atomic mass is 11.6. The first-order chi connectivity index (χ1) is 5.52. The number of carbonyl (C=O) groups excluding carboxylic acids is 1. The third-order valence-electron chi connectivity index (χ3n) is 0.586. The van der Waals surface area contributed by atoms with E-state index in [1.54, 1.807) is 0 Å². The minimum atomic E-state index is -6.29. The van der Waals surface area contributed by atoms with Gasteiger partial charge >= 0.3 is 25.7 Å². The van der Waals surface area contributed by atoms with E-state index in [-0.39, 0.29) is 0 Å². The molecule has 0 unspecified atom stereocenters. The highest BCUT2D eigenvalue weighted by molar-refractivity contribution is 8.07. The molecule has 0 aliphatic carbocycles. The zero-order valence-electron chi connectivity index (χ0n) is 5.48. The van der Waals surface area contributed by atoms with E-state index in [9.17, 15) is 34.8 Å². The maximum absolute atomic E-state index is 11.4. The Hall–Kier alpha value is -0.680. The molecular weight excluding hydrogens is 241 g/mol. The summed E-state index contributed by atoms with van der Waals surface area (Å²) in [5.74, 6) is 0. The van der Waals surface area contributed by atoms with Crippen LogP contribution in [0.3, 0.4) is 0 Å². The number of hydrogen-bond acceptors (Lipinski definition) is 6. The summed E-state index contributed by atoms with van der Waals surface area (Å²) in [4.78, 5) is 9.49. The summed E-state index contributed by atoms with van der Waals surface area (Å²) in [5, 5.41) is 0. The van der Waals surface area contributed by atoms with Crippen LogP contribution in [0.2, 0.25) is 0 Å². The zero-order valence-corrected chi connectivity index (χ0v) is 7.11. The van der Waals surface area contributed by atoms with Crippen LogP contribution in [0, 0.1) is 0 Å². The minimum absolute atomic E-state index is 1.06. The van der Waals surface area contributed by atoms with Gasteiger partial charge in [-0.25, -0.2) is 0 Å². The van der Waals surface area contributed by atoms with Crippen LogP contribution in [0.4, 0.5) is 13.2 Å². The SMILES string of the molecule is O=CS(=O)(=O)OS(=O)(=O)C(F)(F)F. The molecule has 0 amide bonds. The van der Waals surface area contributed by atoms with Crippen LogP contribution in [0.25, 0.3) is 0 Å². The van der Waals surface area contributed by atoms with Gasteiger partial charge in [-0.2, -0.15) is 30.0 Å². The fraction of sp³-hybridized carbons (Fsp3) is 0.500. The Kier molecular flexibility index (Phi) is 3.06. The van der Waals surface area contributed by atoms with Crippen molar-refractivity contribution in [2.45, 2.75) is 5.51 Å². The lowest BCUT2D eigenvalue weighted by Crippen LogP contribution is -2.28. The Bertz CT molecular complexity index is 386. The minimum Gasteiger partial charge on any atom is -0.283 e. The second-order valence-electron chi connectivity index (χ2n) is 1.56. The molecule has 0 heterocycles. The number of hydrogen-bond donors (Lipinski definition) is 0. The molecule has 0 fully saturated rings. The molecule has 0 radical (unpaired) electrons. The van der Waals surface area contributed by atoms with Gasteiger partial charge in [-0.1, -0.05) is 0 Å². The smallest absolute Gasteiger partial charge is 0.283 e. The van der Waals surface area contributed by atoms with Gasteiger partial charge in [-0.15, -0.1) is 3.63 Å². The van der Waals surface area contributed by atoms with E-state index in [0.717, 1.165) is 0 Å². The molecule has 11 heteroatoms. The molecule has 0 atom stereocenters. The lowest BCUT2D eigenvalue weighted by molar-refractivity contribution is -0.0497. The molecule has 0 aromatic carbocycles. The molecule has 0 aliphatic rings. The Balaban J connectivity index is 5.08. The first-order valence-electron chi connectivity index (χ1n) is 2.24. The summed E-state index contributed by atoms with van der Waals surface area (Å²) in [7, 11) is -11.6. The van der Waals surface area contributed by atoms with Crippen LogP contribution in [-0.4, -0.2) is 28.0 Å². The lowest BCUT2D eigenvalue weighted by Gasteiger charge is -2.04. The predicted octanol–water partition coefficient (Wildman–Crippen LogP) is -0.627. The average Bonchev–Trinajstić information content (AvgIpc) is 1.83. The van der Waals surface area contributed by atoms with E-state index in [2.05, 4.69) is 3.63 Å². The molecule has 0 saturated heterocycles. The van der Waals surface area contributed by atoms with E-state index in [1.165, 1.54) is 0 Å². The number of rotatable bonds is 3. The van der Waals surface area contributed by atoms with Gasteiger partial charge in [0.25, 0.3) is 5.62 Å². The number of carbonyl (C=O) groups is 1. The van der Waals surface area contributed by atoms with Gasteiger partial charge in [-0.3, -0.25) is 4.79 Å². The van der Waals surface area contributed by atoms with Gasteiger partial charge in [0.15, 0.2) is 0 Å². The van der Waals surface area contributed by atoms with Crippen LogP contribution in [0.15, 0.2) is 0 Å². The highest BCUT2D eigenvalue weighted by atomic mass is 32.3. The van der Waals surface area contributed by atoms with Gasteiger partial charge in [0, 0.05) is 0 Å². The summed E-state index contributed by atoms with van der Waals surface area (Å²) in [6, 6.07) is 0. The molecule has 0 N–H and O–H groups in total. The van der Waals surface area contributed by atoms with Crippen molar-refractivity contribution >= 4 is 25.9 Å². The normalized spacial score (nSPS) is 14.1. The van der Waals surface area contributed by atoms with Crippen molar-refractivity contribution in [1.82, 2.24) is 0 Å². The van der Waals surface area contributed by atoms with E-state index in [1.807, 2.05) is 0 Å². The second kappa shape index (κ2) is 3.23. The monoisotopic (exact) mass is 242 g/mol. The first-order valence-corrected chi connectivity index (χ1v) is 5.12. The molecule has 0 rings (SSSR count). The fourth-order valence-corrected chi connectivity index (χ4v) is 1.62. The summed E-state index contributed by atoms with van der Waals surface area (Å²) >= 11 is 0. The molecule has 6 nitrogen and oxygen atoms in total. The van der Waals surface area contributed by atoms with E-state index in [0.29, 0.717) is 0 Å². The molecule has 0 aromatic heterocycles. The van der Waals surface area contributed by atoms with Crippen LogP contribution in [-0.2, 0) is 28.7 Å². The third kappa shape index (κ3) is 3.28. The fourth-order valence-electron chi connectivity index (χ4n) is 0.179. The molecule has 78 valence electrons. The Labute approximate surface area is 70.5 Å².